The highest BCUT2D eigenvalue weighted by atomic mass is 16.6. The van der Waals surface area contributed by atoms with Gasteiger partial charge in [0.2, 0.25) is 0 Å². The fraction of sp³-hybridized carbons (Fsp3) is 0.619. The topological polar surface area (TPSA) is 85.3 Å². The second kappa shape index (κ2) is 8.39. The number of aliphatic carboxylic acids is 1. The third-order valence-electron chi connectivity index (χ3n) is 4.54. The minimum absolute atomic E-state index is 0.177. The van der Waals surface area contributed by atoms with Crippen LogP contribution in [0.4, 0.5) is 4.79 Å². The molecule has 1 aliphatic rings. The van der Waals surface area contributed by atoms with Crippen molar-refractivity contribution in [3.8, 4) is 5.75 Å². The maximum absolute atomic E-state index is 13.0. The second-order valence-electron chi connectivity index (χ2n) is 8.55. The van der Waals surface area contributed by atoms with Gasteiger partial charge in [-0.25, -0.2) is 9.59 Å². The number of hydrogen-bond donors (Lipinski definition) is 1. The monoisotopic (exact) mass is 393 g/mol. The summed E-state index contributed by atoms with van der Waals surface area (Å²) in [5, 5.41) is 9.72. The van der Waals surface area contributed by atoms with Crippen LogP contribution in [-0.2, 0) is 14.3 Å². The zero-order valence-electron chi connectivity index (χ0n) is 17.7. The van der Waals surface area contributed by atoms with Gasteiger partial charge in [0.15, 0.2) is 12.3 Å². The van der Waals surface area contributed by atoms with Gasteiger partial charge in [-0.3, -0.25) is 4.90 Å². The van der Waals surface area contributed by atoms with Gasteiger partial charge < -0.3 is 19.3 Å². The molecule has 0 aromatic heterocycles. The molecule has 1 heterocycles. The summed E-state index contributed by atoms with van der Waals surface area (Å²) in [7, 11) is 1.58. The maximum Gasteiger partial charge on any atom is 0.412 e. The predicted octanol–water partition coefficient (Wildman–Crippen LogP) is 4.14. The van der Waals surface area contributed by atoms with Crippen molar-refractivity contribution in [2.24, 2.45) is 5.92 Å². The van der Waals surface area contributed by atoms with Gasteiger partial charge in [-0.05, 0) is 57.7 Å². The minimum Gasteiger partial charge on any atom is -0.497 e. The maximum atomic E-state index is 13.0. The van der Waals surface area contributed by atoms with Gasteiger partial charge in [0.05, 0.1) is 13.2 Å². The molecule has 1 aromatic carbocycles. The Bertz CT molecular complexity index is 724. The summed E-state index contributed by atoms with van der Waals surface area (Å²) < 4.78 is 16.7. The minimum atomic E-state index is -1.12. The van der Waals surface area contributed by atoms with Crippen molar-refractivity contribution in [2.75, 3.05) is 7.11 Å². The van der Waals surface area contributed by atoms with E-state index in [4.69, 9.17) is 14.2 Å². The van der Waals surface area contributed by atoms with E-state index in [1.54, 1.807) is 40.0 Å². The molecule has 2 rings (SSSR count). The van der Waals surface area contributed by atoms with E-state index < -0.39 is 36.0 Å². The smallest absolute Gasteiger partial charge is 0.412 e. The van der Waals surface area contributed by atoms with Crippen LogP contribution in [0.1, 0.15) is 58.4 Å². The van der Waals surface area contributed by atoms with Crippen molar-refractivity contribution >= 4 is 12.1 Å². The highest BCUT2D eigenvalue weighted by Gasteiger charge is 2.50. The number of nitrogens with zero attached hydrogens (tertiary/aromatic N) is 1. The molecule has 1 saturated heterocycles. The van der Waals surface area contributed by atoms with Crippen molar-refractivity contribution in [1.29, 1.82) is 0 Å². The number of aryl methyl sites for hydroxylation is 1. The van der Waals surface area contributed by atoms with Crippen molar-refractivity contribution in [3.63, 3.8) is 0 Å². The number of carbonyl (C=O) groups excluding carboxylic acids is 1. The number of carboxylic acids is 1. The van der Waals surface area contributed by atoms with Crippen LogP contribution in [0, 0.1) is 12.8 Å². The van der Waals surface area contributed by atoms with Gasteiger partial charge in [0.1, 0.15) is 11.4 Å². The first-order chi connectivity index (χ1) is 12.9. The Hall–Kier alpha value is -2.28. The first-order valence-electron chi connectivity index (χ1n) is 9.48. The molecule has 1 fully saturated rings. The van der Waals surface area contributed by atoms with Crippen LogP contribution in [0.5, 0.6) is 5.75 Å². The summed E-state index contributed by atoms with van der Waals surface area (Å²) in [6.45, 7) is 11.2. The van der Waals surface area contributed by atoms with Gasteiger partial charge in [0, 0.05) is 5.56 Å². The van der Waals surface area contributed by atoms with Gasteiger partial charge in [-0.15, -0.1) is 0 Å². The third kappa shape index (κ3) is 4.95. The van der Waals surface area contributed by atoms with Gasteiger partial charge in [-0.2, -0.15) is 0 Å². The van der Waals surface area contributed by atoms with E-state index >= 15 is 0 Å². The summed E-state index contributed by atoms with van der Waals surface area (Å²) >= 11 is 0. The summed E-state index contributed by atoms with van der Waals surface area (Å²) in [5.41, 5.74) is 0.844. The largest absolute Gasteiger partial charge is 0.497 e. The van der Waals surface area contributed by atoms with Crippen LogP contribution >= 0.6 is 0 Å². The third-order valence-corrected chi connectivity index (χ3v) is 4.54. The lowest BCUT2D eigenvalue weighted by atomic mass is 9.98. The molecule has 7 nitrogen and oxygen atoms in total. The lowest BCUT2D eigenvalue weighted by Crippen LogP contribution is -2.45. The van der Waals surface area contributed by atoms with E-state index in [1.807, 2.05) is 26.8 Å². The fourth-order valence-electron chi connectivity index (χ4n) is 3.38. The number of rotatable bonds is 5. The SMILES string of the molecule is COc1ccc(C2O[C@@H](C(=O)O)[C@H](CC(C)C)N2C(=O)OC(C)(C)C)c(C)c1. The van der Waals surface area contributed by atoms with Crippen molar-refractivity contribution in [1.82, 2.24) is 4.90 Å². The van der Waals surface area contributed by atoms with E-state index in [0.29, 0.717) is 17.7 Å². The summed E-state index contributed by atoms with van der Waals surface area (Å²) in [5.74, 6) is -0.236. The summed E-state index contributed by atoms with van der Waals surface area (Å²) in [6.07, 6.45) is -2.06. The van der Waals surface area contributed by atoms with E-state index in [1.165, 1.54) is 4.90 Å². The quantitative estimate of drug-likeness (QED) is 0.809. The molecule has 1 aromatic rings. The zero-order chi connectivity index (χ0) is 21.2. The average molecular weight is 393 g/mol. The molecular weight excluding hydrogens is 362 g/mol. The Morgan fingerprint density at radius 3 is 2.39 bits per heavy atom. The zero-order valence-corrected chi connectivity index (χ0v) is 17.7. The molecule has 0 bridgehead atoms. The van der Waals surface area contributed by atoms with Gasteiger partial charge in [0.25, 0.3) is 0 Å². The number of ether oxygens (including phenoxy) is 3. The number of carbonyl (C=O) groups is 2. The molecule has 0 spiro atoms. The number of benzene rings is 1. The molecule has 0 saturated carbocycles. The Labute approximate surface area is 166 Å². The van der Waals surface area contributed by atoms with Crippen LogP contribution in [0.15, 0.2) is 18.2 Å². The van der Waals surface area contributed by atoms with Crippen LogP contribution in [-0.4, -0.2) is 46.9 Å². The predicted molar refractivity (Wildman–Crippen MR) is 104 cm³/mol. The van der Waals surface area contributed by atoms with Crippen LogP contribution in [0.3, 0.4) is 0 Å². The molecule has 1 aliphatic heterocycles. The first-order valence-corrected chi connectivity index (χ1v) is 9.48. The van der Waals surface area contributed by atoms with E-state index in [9.17, 15) is 14.7 Å². The number of methoxy groups -OCH3 is 1. The first kappa shape index (κ1) is 22.0. The Kier molecular flexibility index (Phi) is 6.59. The average Bonchev–Trinajstić information content (AvgIpc) is 2.91. The van der Waals surface area contributed by atoms with Crippen LogP contribution in [0.25, 0.3) is 0 Å². The van der Waals surface area contributed by atoms with Crippen molar-refractivity contribution in [3.05, 3.63) is 29.3 Å². The highest BCUT2D eigenvalue weighted by Crippen LogP contribution is 2.40. The normalized spacial score (nSPS) is 22.4. The summed E-state index contributed by atoms with van der Waals surface area (Å²) in [6, 6.07) is 4.77. The van der Waals surface area contributed by atoms with Crippen molar-refractivity contribution in [2.45, 2.75) is 71.9 Å². The van der Waals surface area contributed by atoms with Gasteiger partial charge in [-0.1, -0.05) is 19.9 Å². The van der Waals surface area contributed by atoms with E-state index in [0.717, 1.165) is 5.56 Å². The van der Waals surface area contributed by atoms with Gasteiger partial charge >= 0.3 is 12.1 Å². The van der Waals surface area contributed by atoms with E-state index in [2.05, 4.69) is 0 Å². The molecule has 0 radical (unpaired) electrons. The molecule has 3 atom stereocenters. The molecule has 1 amide bonds. The number of carboxylic acid groups (broad SMARTS) is 1. The molecular formula is C21H31NO6. The fourth-order valence-corrected chi connectivity index (χ4v) is 3.38. The Morgan fingerprint density at radius 1 is 1.29 bits per heavy atom. The number of hydrogen-bond acceptors (Lipinski definition) is 5. The lowest BCUT2D eigenvalue weighted by Gasteiger charge is -2.32. The Morgan fingerprint density at radius 2 is 1.93 bits per heavy atom. The molecule has 28 heavy (non-hydrogen) atoms. The second-order valence-corrected chi connectivity index (χ2v) is 8.55. The van der Waals surface area contributed by atoms with Crippen molar-refractivity contribution < 1.29 is 28.9 Å². The Balaban J connectivity index is 2.51. The molecule has 156 valence electrons. The molecule has 1 N–H and O–H groups in total. The standard InChI is InChI=1S/C21H31NO6/c1-12(2)10-16-17(19(23)24)27-18(22(16)20(25)28-21(4,5)6)15-9-8-14(26-7)11-13(15)3/h8-9,11-12,16-18H,10H2,1-7H3,(H,23,24)/t16-,17+,18?/m0/s1. The molecule has 0 aliphatic carbocycles. The highest BCUT2D eigenvalue weighted by molar-refractivity contribution is 5.77. The van der Waals surface area contributed by atoms with Crippen LogP contribution < -0.4 is 4.74 Å². The molecule has 7 heteroatoms. The van der Waals surface area contributed by atoms with Crippen LogP contribution in [0.2, 0.25) is 0 Å². The number of amides is 1. The van der Waals surface area contributed by atoms with E-state index in [-0.39, 0.29) is 5.92 Å². The lowest BCUT2D eigenvalue weighted by molar-refractivity contribution is -0.150. The summed E-state index contributed by atoms with van der Waals surface area (Å²) in [4.78, 5) is 26.4. The molecule has 1 unspecified atom stereocenters.